The molecule has 0 aliphatic carbocycles. The van der Waals surface area contributed by atoms with Gasteiger partial charge in [-0.25, -0.2) is 0 Å². The van der Waals surface area contributed by atoms with Gasteiger partial charge in [-0.3, -0.25) is 9.48 Å². The van der Waals surface area contributed by atoms with Crippen LogP contribution >= 0.6 is 23.2 Å². The molecule has 1 N–H and O–H groups in total. The van der Waals surface area contributed by atoms with Crippen LogP contribution in [0.5, 0.6) is 5.75 Å². The number of rotatable bonds is 2. The largest absolute Gasteiger partial charge is 0.504 e. The highest BCUT2D eigenvalue weighted by atomic mass is 35.5. The number of ketones is 1. The van der Waals surface area contributed by atoms with Gasteiger partial charge in [0.25, 0.3) is 0 Å². The van der Waals surface area contributed by atoms with E-state index in [9.17, 15) is 9.90 Å². The summed E-state index contributed by atoms with van der Waals surface area (Å²) in [7, 11) is 1.62. The Bertz CT molecular complexity index is 635. The molecule has 94 valence electrons. The molecule has 0 bridgehead atoms. The van der Waals surface area contributed by atoms with Gasteiger partial charge < -0.3 is 5.11 Å². The lowest BCUT2D eigenvalue weighted by Crippen LogP contribution is -1.97. The minimum atomic E-state index is -0.312. The maximum atomic E-state index is 11.3. The number of aromatic hydroxyl groups is 1. The highest BCUT2D eigenvalue weighted by Crippen LogP contribution is 2.38. The van der Waals surface area contributed by atoms with Crippen molar-refractivity contribution in [2.75, 3.05) is 0 Å². The Morgan fingerprint density at radius 2 is 2.06 bits per heavy atom. The lowest BCUT2D eigenvalue weighted by Gasteiger charge is -2.06. The highest BCUT2D eigenvalue weighted by Gasteiger charge is 2.21. The van der Waals surface area contributed by atoms with Crippen molar-refractivity contribution in [1.82, 2.24) is 9.78 Å². The van der Waals surface area contributed by atoms with Crippen LogP contribution in [-0.2, 0) is 7.05 Å². The number of hydrogen-bond donors (Lipinski definition) is 1. The number of nitrogens with zero attached hydrogens (tertiary/aromatic N) is 2. The van der Waals surface area contributed by atoms with Crippen LogP contribution in [0.4, 0.5) is 0 Å². The zero-order valence-electron chi connectivity index (χ0n) is 9.74. The molecule has 2 aromatic rings. The molecule has 2 rings (SSSR count). The molecular weight excluding hydrogens is 275 g/mol. The van der Waals surface area contributed by atoms with E-state index in [-0.39, 0.29) is 17.2 Å². The normalized spacial score (nSPS) is 10.7. The molecule has 18 heavy (non-hydrogen) atoms. The fourth-order valence-electron chi connectivity index (χ4n) is 1.74. The first-order valence-electron chi connectivity index (χ1n) is 5.14. The average molecular weight is 285 g/mol. The molecule has 0 aliphatic rings. The number of aromatic nitrogens is 2. The van der Waals surface area contributed by atoms with Gasteiger partial charge in [-0.15, -0.1) is 0 Å². The summed E-state index contributed by atoms with van der Waals surface area (Å²) in [6, 6.07) is 5.06. The van der Waals surface area contributed by atoms with Crippen LogP contribution in [0.15, 0.2) is 18.2 Å². The monoisotopic (exact) mass is 284 g/mol. The second-order valence-electron chi connectivity index (χ2n) is 3.83. The minimum absolute atomic E-state index is 0.0172. The van der Waals surface area contributed by atoms with E-state index in [1.54, 1.807) is 25.2 Å². The van der Waals surface area contributed by atoms with Crippen LogP contribution in [0.25, 0.3) is 11.3 Å². The van der Waals surface area contributed by atoms with Gasteiger partial charge in [-0.05, 0) is 6.07 Å². The number of benzene rings is 1. The summed E-state index contributed by atoms with van der Waals surface area (Å²) >= 11 is 12.0. The Kier molecular flexibility index (Phi) is 3.32. The van der Waals surface area contributed by atoms with Crippen LogP contribution in [0.1, 0.15) is 17.4 Å². The smallest absolute Gasteiger partial charge is 0.183 e. The standard InChI is InChI=1S/C12H10Cl2N2O2/c1-6(17)10-12(18)11(16(2)15-10)7-4-3-5-8(13)9(7)14/h3-5,18H,1-2H3. The summed E-state index contributed by atoms with van der Waals surface area (Å²) in [4.78, 5) is 11.3. The number of hydrogen-bond acceptors (Lipinski definition) is 3. The Hall–Kier alpha value is -1.52. The SMILES string of the molecule is CC(=O)c1nn(C)c(-c2cccc(Cl)c2Cl)c1O. The zero-order valence-corrected chi connectivity index (χ0v) is 11.2. The van der Waals surface area contributed by atoms with Crippen molar-refractivity contribution < 1.29 is 9.90 Å². The summed E-state index contributed by atoms with van der Waals surface area (Å²) in [5, 5.41) is 14.7. The van der Waals surface area contributed by atoms with Gasteiger partial charge in [-0.1, -0.05) is 35.3 Å². The first-order chi connectivity index (χ1) is 8.43. The van der Waals surface area contributed by atoms with Gasteiger partial charge in [0, 0.05) is 19.5 Å². The predicted octanol–water partition coefficient (Wildman–Crippen LogP) is 3.30. The fraction of sp³-hybridized carbons (Fsp3) is 0.167. The van der Waals surface area contributed by atoms with Gasteiger partial charge >= 0.3 is 0 Å². The van der Waals surface area contributed by atoms with Crippen molar-refractivity contribution in [1.29, 1.82) is 0 Å². The summed E-state index contributed by atoms with van der Waals surface area (Å²) in [5.74, 6) is -0.498. The molecule has 0 fully saturated rings. The van der Waals surface area contributed by atoms with Crippen molar-refractivity contribution in [3.8, 4) is 17.0 Å². The van der Waals surface area contributed by atoms with Crippen LogP contribution in [0, 0.1) is 0 Å². The van der Waals surface area contributed by atoms with E-state index >= 15 is 0 Å². The van der Waals surface area contributed by atoms with E-state index in [2.05, 4.69) is 5.10 Å². The maximum absolute atomic E-state index is 11.3. The van der Waals surface area contributed by atoms with E-state index in [4.69, 9.17) is 23.2 Å². The molecule has 0 atom stereocenters. The summed E-state index contributed by atoms with van der Waals surface area (Å²) in [5.41, 5.74) is 0.917. The molecule has 4 nitrogen and oxygen atoms in total. The van der Waals surface area contributed by atoms with Crippen molar-refractivity contribution in [3.63, 3.8) is 0 Å². The van der Waals surface area contributed by atoms with Crippen LogP contribution in [-0.4, -0.2) is 20.7 Å². The molecule has 0 amide bonds. The summed E-state index contributed by atoms with van der Waals surface area (Å²) in [6.07, 6.45) is 0. The van der Waals surface area contributed by atoms with Gasteiger partial charge in [-0.2, -0.15) is 5.10 Å². The molecule has 0 saturated heterocycles. The number of aryl methyl sites for hydroxylation is 1. The van der Waals surface area contributed by atoms with E-state index in [1.807, 2.05) is 0 Å². The van der Waals surface area contributed by atoms with Gasteiger partial charge in [0.1, 0.15) is 5.69 Å². The fourth-order valence-corrected chi connectivity index (χ4v) is 2.13. The summed E-state index contributed by atoms with van der Waals surface area (Å²) < 4.78 is 1.41. The Balaban J connectivity index is 2.72. The van der Waals surface area contributed by atoms with Crippen molar-refractivity contribution in [2.24, 2.45) is 7.05 Å². The topological polar surface area (TPSA) is 55.1 Å². The first-order valence-corrected chi connectivity index (χ1v) is 5.90. The Morgan fingerprint density at radius 1 is 1.39 bits per heavy atom. The Morgan fingerprint density at radius 3 is 2.61 bits per heavy atom. The van der Waals surface area contributed by atoms with Gasteiger partial charge in [0.2, 0.25) is 0 Å². The lowest BCUT2D eigenvalue weighted by atomic mass is 10.1. The van der Waals surface area contributed by atoms with Gasteiger partial charge in [0.05, 0.1) is 10.0 Å². The molecule has 0 saturated carbocycles. The second kappa shape index (κ2) is 4.63. The number of halogens is 2. The van der Waals surface area contributed by atoms with Gasteiger partial charge in [0.15, 0.2) is 17.2 Å². The van der Waals surface area contributed by atoms with Crippen molar-refractivity contribution in [2.45, 2.75) is 6.92 Å². The quantitative estimate of drug-likeness (QED) is 0.861. The molecule has 0 unspecified atom stereocenters. The van der Waals surface area contributed by atoms with Crippen LogP contribution in [0.3, 0.4) is 0 Å². The predicted molar refractivity (Wildman–Crippen MR) is 70.3 cm³/mol. The molecule has 1 aromatic heterocycles. The molecule has 1 heterocycles. The van der Waals surface area contributed by atoms with Crippen molar-refractivity contribution in [3.05, 3.63) is 33.9 Å². The van der Waals surface area contributed by atoms with E-state index in [0.29, 0.717) is 21.3 Å². The molecule has 0 aliphatic heterocycles. The molecule has 6 heteroatoms. The Labute approximate surface area is 114 Å². The third-order valence-electron chi connectivity index (χ3n) is 2.56. The minimum Gasteiger partial charge on any atom is -0.504 e. The van der Waals surface area contributed by atoms with Crippen molar-refractivity contribution >= 4 is 29.0 Å². The maximum Gasteiger partial charge on any atom is 0.183 e. The molecular formula is C12H10Cl2N2O2. The highest BCUT2D eigenvalue weighted by molar-refractivity contribution is 6.43. The molecule has 0 spiro atoms. The van der Waals surface area contributed by atoms with Crippen LogP contribution in [0.2, 0.25) is 10.0 Å². The lowest BCUT2D eigenvalue weighted by molar-refractivity contribution is 0.101. The first kappa shape index (κ1) is 12.9. The van der Waals surface area contributed by atoms with E-state index in [1.165, 1.54) is 11.6 Å². The zero-order chi connectivity index (χ0) is 13.4. The van der Waals surface area contributed by atoms with E-state index in [0.717, 1.165) is 0 Å². The second-order valence-corrected chi connectivity index (χ2v) is 4.61. The van der Waals surface area contributed by atoms with E-state index < -0.39 is 0 Å². The molecule has 0 radical (unpaired) electrons. The third-order valence-corrected chi connectivity index (χ3v) is 3.38. The number of carbonyl (C=O) groups excluding carboxylic acids is 1. The summed E-state index contributed by atoms with van der Waals surface area (Å²) in [6.45, 7) is 1.34. The third kappa shape index (κ3) is 1.98. The van der Waals surface area contributed by atoms with Crippen LogP contribution < -0.4 is 0 Å². The molecule has 1 aromatic carbocycles. The number of carbonyl (C=O) groups is 1. The number of Topliss-reactive ketones (excluding diaryl/α,β-unsaturated/α-hetero) is 1. The average Bonchev–Trinajstić information content (AvgIpc) is 2.59.